The molecule has 0 aromatic carbocycles. The van der Waals surface area contributed by atoms with Crippen molar-refractivity contribution in [2.45, 2.75) is 19.8 Å². The number of allylic oxidation sites excluding steroid dienone is 1. The van der Waals surface area contributed by atoms with Gasteiger partial charge in [0.15, 0.2) is 0 Å². The van der Waals surface area contributed by atoms with Gasteiger partial charge in [0.1, 0.15) is 0 Å². The normalized spacial score (nSPS) is 13.2. The molecule has 8 heavy (non-hydrogen) atoms. The topological polar surface area (TPSA) is 20.2 Å². The Hall–Kier alpha value is -0.300. The van der Waals surface area contributed by atoms with Gasteiger partial charge in [-0.15, -0.1) is 0 Å². The maximum Gasteiger partial charge on any atom is 0.0456 e. The van der Waals surface area contributed by atoms with Crippen LogP contribution in [0.25, 0.3) is 0 Å². The van der Waals surface area contributed by atoms with E-state index >= 15 is 0 Å². The van der Waals surface area contributed by atoms with Crippen molar-refractivity contribution in [2.75, 3.05) is 6.61 Å². The molecular formula is C7H13O. The molecule has 0 fully saturated rings. The third kappa shape index (κ3) is 3.88. The zero-order valence-electron chi connectivity index (χ0n) is 5.30. The van der Waals surface area contributed by atoms with Crippen LogP contribution in [-0.4, -0.2) is 11.7 Å². The standard InChI is InChI=1S/C7H13O/c1-3-4-5-7(2)6-8/h1,3,7-8H,4-6H2,2H3. The smallest absolute Gasteiger partial charge is 0.0456 e. The summed E-state index contributed by atoms with van der Waals surface area (Å²) in [5.41, 5.74) is 0. The van der Waals surface area contributed by atoms with E-state index in [-0.39, 0.29) is 6.61 Å². The number of hydrogen-bond donors (Lipinski definition) is 1. The highest BCUT2D eigenvalue weighted by Crippen LogP contribution is 2.02. The highest BCUT2D eigenvalue weighted by atomic mass is 16.3. The fraction of sp³-hybridized carbons (Fsp3) is 0.714. The average molecular weight is 113 g/mol. The van der Waals surface area contributed by atoms with Crippen molar-refractivity contribution in [3.05, 3.63) is 12.7 Å². The van der Waals surface area contributed by atoms with E-state index in [1.165, 1.54) is 0 Å². The Kier molecular flexibility index (Phi) is 4.67. The first kappa shape index (κ1) is 7.70. The van der Waals surface area contributed by atoms with Crippen LogP contribution in [0.5, 0.6) is 0 Å². The van der Waals surface area contributed by atoms with Gasteiger partial charge in [0.25, 0.3) is 0 Å². The van der Waals surface area contributed by atoms with Gasteiger partial charge >= 0.3 is 0 Å². The van der Waals surface area contributed by atoms with Gasteiger partial charge in [0.2, 0.25) is 0 Å². The highest BCUT2D eigenvalue weighted by molar-refractivity contribution is 4.64. The molecule has 1 radical (unpaired) electrons. The van der Waals surface area contributed by atoms with Gasteiger partial charge in [-0.1, -0.05) is 19.6 Å². The Morgan fingerprint density at radius 1 is 1.75 bits per heavy atom. The summed E-state index contributed by atoms with van der Waals surface area (Å²) in [7, 11) is 0. The van der Waals surface area contributed by atoms with Crippen LogP contribution in [0.15, 0.2) is 6.08 Å². The predicted molar refractivity (Wildman–Crippen MR) is 34.4 cm³/mol. The summed E-state index contributed by atoms with van der Waals surface area (Å²) >= 11 is 0. The molecule has 0 spiro atoms. The van der Waals surface area contributed by atoms with Gasteiger partial charge in [0.05, 0.1) is 0 Å². The summed E-state index contributed by atoms with van der Waals surface area (Å²) in [4.78, 5) is 0. The maximum absolute atomic E-state index is 8.51. The maximum atomic E-state index is 8.51. The zero-order valence-corrected chi connectivity index (χ0v) is 5.30. The first-order valence-corrected chi connectivity index (χ1v) is 2.95. The van der Waals surface area contributed by atoms with Crippen LogP contribution in [0.3, 0.4) is 0 Å². The van der Waals surface area contributed by atoms with E-state index in [9.17, 15) is 0 Å². The minimum atomic E-state index is 0.272. The minimum absolute atomic E-state index is 0.272. The van der Waals surface area contributed by atoms with Crippen molar-refractivity contribution in [1.82, 2.24) is 0 Å². The molecule has 0 aliphatic heterocycles. The molecule has 1 atom stereocenters. The summed E-state index contributed by atoms with van der Waals surface area (Å²) in [5.74, 6) is 0.398. The lowest BCUT2D eigenvalue weighted by Crippen LogP contribution is -1.98. The van der Waals surface area contributed by atoms with Crippen LogP contribution in [0.4, 0.5) is 0 Å². The molecule has 0 aliphatic rings. The van der Waals surface area contributed by atoms with E-state index in [0.29, 0.717) is 5.92 Å². The Morgan fingerprint density at radius 2 is 2.38 bits per heavy atom. The van der Waals surface area contributed by atoms with Crippen molar-refractivity contribution in [3.63, 3.8) is 0 Å². The van der Waals surface area contributed by atoms with Crippen LogP contribution < -0.4 is 0 Å². The van der Waals surface area contributed by atoms with Gasteiger partial charge < -0.3 is 5.11 Å². The molecule has 0 saturated heterocycles. The second kappa shape index (κ2) is 4.85. The molecule has 0 saturated carbocycles. The quantitative estimate of drug-likeness (QED) is 0.584. The largest absolute Gasteiger partial charge is 0.396 e. The monoisotopic (exact) mass is 113 g/mol. The molecule has 0 aliphatic carbocycles. The number of aliphatic hydroxyl groups excluding tert-OH is 1. The van der Waals surface area contributed by atoms with Crippen molar-refractivity contribution < 1.29 is 5.11 Å². The number of rotatable bonds is 4. The summed E-state index contributed by atoms with van der Waals surface area (Å²) in [6, 6.07) is 0. The van der Waals surface area contributed by atoms with Crippen LogP contribution in [0.2, 0.25) is 0 Å². The van der Waals surface area contributed by atoms with Crippen molar-refractivity contribution in [3.8, 4) is 0 Å². The molecular weight excluding hydrogens is 100 g/mol. The van der Waals surface area contributed by atoms with Gasteiger partial charge in [-0.05, 0) is 18.8 Å². The Balaban J connectivity index is 2.97. The Morgan fingerprint density at radius 3 is 2.75 bits per heavy atom. The van der Waals surface area contributed by atoms with E-state index in [1.807, 2.05) is 6.92 Å². The van der Waals surface area contributed by atoms with Gasteiger partial charge in [0, 0.05) is 6.61 Å². The van der Waals surface area contributed by atoms with Gasteiger partial charge in [-0.25, -0.2) is 0 Å². The second-order valence-corrected chi connectivity index (χ2v) is 2.10. The van der Waals surface area contributed by atoms with Crippen LogP contribution in [0, 0.1) is 12.5 Å². The first-order chi connectivity index (χ1) is 3.81. The molecule has 0 aromatic heterocycles. The van der Waals surface area contributed by atoms with Gasteiger partial charge in [-0.2, -0.15) is 0 Å². The fourth-order valence-corrected chi connectivity index (χ4v) is 0.472. The molecule has 0 bridgehead atoms. The average Bonchev–Trinajstić information content (AvgIpc) is 1.83. The van der Waals surface area contributed by atoms with Crippen LogP contribution >= 0.6 is 0 Å². The number of aliphatic hydroxyl groups is 1. The third-order valence-corrected chi connectivity index (χ3v) is 1.14. The molecule has 0 aromatic rings. The van der Waals surface area contributed by atoms with E-state index in [4.69, 9.17) is 11.7 Å². The highest BCUT2D eigenvalue weighted by Gasteiger charge is 1.95. The summed E-state index contributed by atoms with van der Waals surface area (Å²) in [6.07, 6.45) is 3.53. The van der Waals surface area contributed by atoms with Crippen molar-refractivity contribution in [1.29, 1.82) is 0 Å². The van der Waals surface area contributed by atoms with E-state index < -0.39 is 0 Å². The molecule has 0 rings (SSSR count). The SMILES string of the molecule is [CH]=CCCC(C)CO. The molecule has 1 unspecified atom stereocenters. The molecule has 0 heterocycles. The fourth-order valence-electron chi connectivity index (χ4n) is 0.472. The first-order valence-electron chi connectivity index (χ1n) is 2.95. The molecule has 1 N–H and O–H groups in total. The zero-order chi connectivity index (χ0) is 6.41. The van der Waals surface area contributed by atoms with E-state index in [1.54, 1.807) is 6.08 Å². The lowest BCUT2D eigenvalue weighted by molar-refractivity contribution is 0.231. The molecule has 47 valence electrons. The number of hydrogen-bond acceptors (Lipinski definition) is 1. The Labute approximate surface area is 51.0 Å². The molecule has 1 nitrogen and oxygen atoms in total. The summed E-state index contributed by atoms with van der Waals surface area (Å²) < 4.78 is 0. The lowest BCUT2D eigenvalue weighted by atomic mass is 10.1. The summed E-state index contributed by atoms with van der Waals surface area (Å²) in [6.45, 7) is 7.40. The van der Waals surface area contributed by atoms with Crippen molar-refractivity contribution >= 4 is 0 Å². The van der Waals surface area contributed by atoms with Crippen molar-refractivity contribution in [2.24, 2.45) is 5.92 Å². The molecule has 0 amide bonds. The Bertz CT molecular complexity index is 59.4. The van der Waals surface area contributed by atoms with Crippen LogP contribution in [0.1, 0.15) is 19.8 Å². The predicted octanol–water partition coefficient (Wildman–Crippen LogP) is 1.38. The van der Waals surface area contributed by atoms with E-state index in [0.717, 1.165) is 12.8 Å². The van der Waals surface area contributed by atoms with E-state index in [2.05, 4.69) is 0 Å². The third-order valence-electron chi connectivity index (χ3n) is 1.14. The van der Waals surface area contributed by atoms with Gasteiger partial charge in [-0.3, -0.25) is 0 Å². The molecule has 1 heteroatoms. The summed E-state index contributed by atoms with van der Waals surface area (Å²) in [5, 5.41) is 8.51. The minimum Gasteiger partial charge on any atom is -0.396 e. The second-order valence-electron chi connectivity index (χ2n) is 2.10. The lowest BCUT2D eigenvalue weighted by Gasteiger charge is -2.02. The van der Waals surface area contributed by atoms with Crippen LogP contribution in [-0.2, 0) is 0 Å².